The molecule has 1 aliphatic carbocycles. The minimum Gasteiger partial charge on any atom is -0.506 e. The first-order valence-electron chi connectivity index (χ1n) is 15.1. The van der Waals surface area contributed by atoms with Gasteiger partial charge in [0.1, 0.15) is 17.3 Å². The molecule has 1 aromatic heterocycles. The van der Waals surface area contributed by atoms with Crippen LogP contribution in [0.15, 0.2) is 54.3 Å². The lowest BCUT2D eigenvalue weighted by Crippen LogP contribution is -2.51. The van der Waals surface area contributed by atoms with Crippen molar-refractivity contribution >= 4 is 23.3 Å². The maximum Gasteiger partial charge on any atom is 0.280 e. The number of phenolic OH excluding ortho intramolecular Hbond substituents is 1. The molecule has 44 heavy (non-hydrogen) atoms. The summed E-state index contributed by atoms with van der Waals surface area (Å²) in [6.07, 6.45) is 11.8. The van der Waals surface area contributed by atoms with E-state index in [1.165, 1.54) is 18.6 Å². The predicted molar refractivity (Wildman–Crippen MR) is 170 cm³/mol. The number of nitrogens with two attached hydrogens (primary N) is 1. The van der Waals surface area contributed by atoms with Crippen LogP contribution in [0.3, 0.4) is 0 Å². The van der Waals surface area contributed by atoms with Crippen molar-refractivity contribution in [2.24, 2.45) is 0 Å². The van der Waals surface area contributed by atoms with E-state index in [1.807, 2.05) is 37.9 Å². The van der Waals surface area contributed by atoms with Crippen LogP contribution in [0.2, 0.25) is 0 Å². The standard InChI is InChI=1S/C30H35F2N5O3.C2H6.C2H2/c1-3-27(39)36-14-5-8-20-23(35(2)24-12-9-19(16-26(24)38)18-6-4-7-18)13-15-37(25(20)17-36)30(40)21-10-11-22(28(31)32)34-29(21)33;2*1-2/h3,9-12,16,18,25,28,38H,1,4-8,13-15,17H2,2H3,(H2,33,34);1-2H3;1-2H. The van der Waals surface area contributed by atoms with E-state index >= 15 is 0 Å². The molecule has 0 radical (unpaired) electrons. The summed E-state index contributed by atoms with van der Waals surface area (Å²) in [4.78, 5) is 35.5. The van der Waals surface area contributed by atoms with E-state index in [-0.39, 0.29) is 29.6 Å². The minimum absolute atomic E-state index is 0.0515. The largest absolute Gasteiger partial charge is 0.506 e. The van der Waals surface area contributed by atoms with Gasteiger partial charge in [-0.1, -0.05) is 32.9 Å². The van der Waals surface area contributed by atoms with Gasteiger partial charge in [-0.3, -0.25) is 9.59 Å². The number of carbonyl (C=O) groups is 2. The van der Waals surface area contributed by atoms with E-state index in [2.05, 4.69) is 30.5 Å². The fourth-order valence-corrected chi connectivity index (χ4v) is 6.07. The third kappa shape index (κ3) is 7.04. The number of likely N-dealkylation sites (tertiary alicyclic amines) is 1. The summed E-state index contributed by atoms with van der Waals surface area (Å²) in [5, 5.41) is 11.0. The first-order valence-corrected chi connectivity index (χ1v) is 15.1. The number of alkyl halides is 2. The molecule has 2 amide bonds. The summed E-state index contributed by atoms with van der Waals surface area (Å²) in [5.41, 5.74) is 9.35. The number of aromatic hydroxyl groups is 1. The van der Waals surface area contributed by atoms with Gasteiger partial charge < -0.3 is 25.5 Å². The molecule has 10 heteroatoms. The highest BCUT2D eigenvalue weighted by molar-refractivity contribution is 5.99. The molecule has 3 aliphatic rings. The zero-order chi connectivity index (χ0) is 32.6. The lowest BCUT2D eigenvalue weighted by atomic mass is 9.80. The van der Waals surface area contributed by atoms with Crippen LogP contribution in [0, 0.1) is 12.8 Å². The van der Waals surface area contributed by atoms with Crippen molar-refractivity contribution in [1.82, 2.24) is 14.8 Å². The Morgan fingerprint density at radius 1 is 1.14 bits per heavy atom. The first-order chi connectivity index (χ1) is 21.2. The zero-order valence-corrected chi connectivity index (χ0v) is 25.8. The van der Waals surface area contributed by atoms with Gasteiger partial charge in [0.15, 0.2) is 0 Å². The molecule has 2 aromatic rings. The van der Waals surface area contributed by atoms with Gasteiger partial charge in [-0.2, -0.15) is 0 Å². The number of phenols is 1. The van der Waals surface area contributed by atoms with Crippen LogP contribution in [0.25, 0.3) is 0 Å². The quantitative estimate of drug-likeness (QED) is 0.297. The van der Waals surface area contributed by atoms with E-state index in [1.54, 1.807) is 9.80 Å². The molecule has 5 rings (SSSR count). The van der Waals surface area contributed by atoms with Crippen molar-refractivity contribution in [2.75, 3.05) is 37.3 Å². The predicted octanol–water partition coefficient (Wildman–Crippen LogP) is 6.26. The number of hydrogen-bond acceptors (Lipinski definition) is 6. The van der Waals surface area contributed by atoms with Crippen molar-refractivity contribution in [2.45, 2.75) is 70.8 Å². The third-order valence-corrected chi connectivity index (χ3v) is 8.50. The number of anilines is 2. The molecule has 2 fully saturated rings. The molecule has 236 valence electrons. The summed E-state index contributed by atoms with van der Waals surface area (Å²) in [6, 6.07) is 7.83. The number of pyridine rings is 1. The molecular weight excluding hydrogens is 564 g/mol. The van der Waals surface area contributed by atoms with Crippen molar-refractivity contribution in [3.05, 3.63) is 71.1 Å². The Balaban J connectivity index is 0.00000127. The second kappa shape index (κ2) is 15.4. The Morgan fingerprint density at radius 2 is 1.84 bits per heavy atom. The number of nitrogen functional groups attached to an aromatic ring is 1. The molecule has 0 spiro atoms. The number of carbonyl (C=O) groups excluding carboxylic acids is 2. The van der Waals surface area contributed by atoms with Gasteiger partial charge in [-0.15, -0.1) is 12.8 Å². The second-order valence-electron chi connectivity index (χ2n) is 10.7. The average molecular weight is 608 g/mol. The Morgan fingerprint density at radius 3 is 2.41 bits per heavy atom. The number of amides is 2. The molecule has 3 N–H and O–H groups in total. The Kier molecular flexibility index (Phi) is 11.9. The maximum absolute atomic E-state index is 13.8. The number of rotatable bonds is 6. The van der Waals surface area contributed by atoms with Crippen molar-refractivity contribution in [3.8, 4) is 18.6 Å². The molecule has 0 bridgehead atoms. The van der Waals surface area contributed by atoms with Crippen molar-refractivity contribution < 1.29 is 23.5 Å². The van der Waals surface area contributed by atoms with Gasteiger partial charge in [0.2, 0.25) is 5.91 Å². The molecular formula is C34H43F2N5O3. The minimum atomic E-state index is -2.80. The van der Waals surface area contributed by atoms with Gasteiger partial charge >= 0.3 is 0 Å². The number of benzene rings is 1. The van der Waals surface area contributed by atoms with Crippen LogP contribution in [0.5, 0.6) is 5.75 Å². The van der Waals surface area contributed by atoms with Crippen LogP contribution < -0.4 is 10.6 Å². The number of terminal acetylenes is 1. The fraction of sp³-hybridized carbons (Fsp3) is 0.441. The van der Waals surface area contributed by atoms with E-state index in [9.17, 15) is 23.5 Å². The lowest BCUT2D eigenvalue weighted by molar-refractivity contribution is -0.126. The SMILES string of the molecule is C#C.C=CC(=O)N1CCCC2=C(N(C)c3ccc(C4CCC4)cc3O)CCN(C(=O)c3ccc(C(F)F)nc3N)C2C1.CC. The van der Waals surface area contributed by atoms with Crippen molar-refractivity contribution in [1.29, 1.82) is 0 Å². The molecule has 1 unspecified atom stereocenters. The monoisotopic (exact) mass is 607 g/mol. The highest BCUT2D eigenvalue weighted by Gasteiger charge is 2.38. The van der Waals surface area contributed by atoms with Gasteiger partial charge in [0, 0.05) is 38.8 Å². The molecule has 2 aliphatic heterocycles. The van der Waals surface area contributed by atoms with Gasteiger partial charge in [0.25, 0.3) is 12.3 Å². The summed E-state index contributed by atoms with van der Waals surface area (Å²) in [5.74, 6) is -0.181. The van der Waals surface area contributed by atoms with E-state index in [4.69, 9.17) is 5.73 Å². The number of nitrogens with zero attached hydrogens (tertiary/aromatic N) is 4. The van der Waals surface area contributed by atoms with E-state index < -0.39 is 24.1 Å². The van der Waals surface area contributed by atoms with E-state index in [0.717, 1.165) is 35.7 Å². The lowest BCUT2D eigenvalue weighted by Gasteiger charge is -2.42. The Hall–Kier alpha value is -4.39. The van der Waals surface area contributed by atoms with Crippen LogP contribution >= 0.6 is 0 Å². The Bertz CT molecular complexity index is 1400. The third-order valence-electron chi connectivity index (χ3n) is 8.50. The molecule has 1 saturated heterocycles. The van der Waals surface area contributed by atoms with Gasteiger partial charge in [-0.25, -0.2) is 13.8 Å². The van der Waals surface area contributed by atoms with Crippen LogP contribution in [-0.4, -0.2) is 64.4 Å². The molecule has 8 nitrogen and oxygen atoms in total. The number of hydrogen-bond donors (Lipinski definition) is 2. The second-order valence-corrected chi connectivity index (χ2v) is 10.7. The normalized spacial score (nSPS) is 18.0. The van der Waals surface area contributed by atoms with Gasteiger partial charge in [-0.05, 0) is 73.1 Å². The smallest absolute Gasteiger partial charge is 0.280 e. The maximum atomic E-state index is 13.8. The fourth-order valence-electron chi connectivity index (χ4n) is 6.07. The summed E-state index contributed by atoms with van der Waals surface area (Å²) >= 11 is 0. The highest BCUT2D eigenvalue weighted by atomic mass is 19.3. The molecule has 1 saturated carbocycles. The topological polar surface area (TPSA) is 103 Å². The number of halogens is 2. The van der Waals surface area contributed by atoms with Crippen LogP contribution in [0.1, 0.15) is 86.3 Å². The summed E-state index contributed by atoms with van der Waals surface area (Å²) in [7, 11) is 1.91. The van der Waals surface area contributed by atoms with Crippen LogP contribution in [-0.2, 0) is 4.79 Å². The van der Waals surface area contributed by atoms with E-state index in [0.29, 0.717) is 44.0 Å². The highest BCUT2D eigenvalue weighted by Crippen LogP contribution is 2.42. The van der Waals surface area contributed by atoms with Crippen molar-refractivity contribution in [3.63, 3.8) is 0 Å². The van der Waals surface area contributed by atoms with Gasteiger partial charge in [0.05, 0.1) is 17.3 Å². The summed E-state index contributed by atoms with van der Waals surface area (Å²) < 4.78 is 26.3. The van der Waals surface area contributed by atoms with Crippen LogP contribution in [0.4, 0.5) is 20.3 Å². The zero-order valence-electron chi connectivity index (χ0n) is 25.8. The molecule has 1 aromatic carbocycles. The molecule has 1 atom stereocenters. The first kappa shape index (κ1) is 34.1. The Labute approximate surface area is 259 Å². The summed E-state index contributed by atoms with van der Waals surface area (Å²) in [6.45, 7) is 8.72. The average Bonchev–Trinajstić information content (AvgIpc) is 3.24. The molecule has 3 heterocycles. The number of aromatic nitrogens is 1. The number of fused-ring (bicyclic) bond motifs is 1.